The Morgan fingerprint density at radius 3 is 1.35 bits per heavy atom. The molecule has 0 saturated carbocycles. The molecule has 0 aliphatic rings. The molecule has 0 bridgehead atoms. The fourth-order valence-electron chi connectivity index (χ4n) is 9.35. The summed E-state index contributed by atoms with van der Waals surface area (Å²) in [6.07, 6.45) is 0. The lowest BCUT2D eigenvalue weighted by molar-refractivity contribution is 1.18. The minimum atomic E-state index is 1.16. The topological polar surface area (TPSA) is 9.86 Å². The van der Waals surface area contributed by atoms with Crippen LogP contribution >= 0.6 is 0 Å². The van der Waals surface area contributed by atoms with E-state index in [0.29, 0.717) is 0 Å². The van der Waals surface area contributed by atoms with Gasteiger partial charge in [0.2, 0.25) is 0 Å². The van der Waals surface area contributed by atoms with Crippen LogP contribution in [0, 0.1) is 0 Å². The average Bonchev–Trinajstić information content (AvgIpc) is 3.84. The minimum Gasteiger partial charge on any atom is -0.309 e. The lowest BCUT2D eigenvalue weighted by atomic mass is 9.98. The van der Waals surface area contributed by atoms with Crippen molar-refractivity contribution in [1.82, 2.24) is 9.13 Å². The van der Waals surface area contributed by atoms with E-state index in [1.165, 1.54) is 98.9 Å². The number of para-hydroxylation sites is 2. The highest BCUT2D eigenvalue weighted by atomic mass is 15.0. The monoisotopic (exact) mass is 762 g/mol. The fourth-order valence-corrected chi connectivity index (χ4v) is 9.35. The summed E-state index contributed by atoms with van der Waals surface area (Å²) in [7, 11) is 0. The molecule has 2 nitrogen and oxygen atoms in total. The van der Waals surface area contributed by atoms with E-state index in [2.05, 4.69) is 240 Å². The van der Waals surface area contributed by atoms with Crippen molar-refractivity contribution < 1.29 is 0 Å². The molecule has 0 aliphatic carbocycles. The molecule has 12 aromatic rings. The van der Waals surface area contributed by atoms with Gasteiger partial charge in [-0.15, -0.1) is 0 Å². The van der Waals surface area contributed by atoms with Gasteiger partial charge >= 0.3 is 0 Å². The maximum atomic E-state index is 2.43. The van der Waals surface area contributed by atoms with Gasteiger partial charge < -0.3 is 9.13 Å². The van der Waals surface area contributed by atoms with Crippen LogP contribution in [0.15, 0.2) is 231 Å². The number of fused-ring (bicyclic) bond motifs is 7. The maximum Gasteiger partial charge on any atom is 0.0547 e. The summed E-state index contributed by atoms with van der Waals surface area (Å²) < 4.78 is 4.83. The van der Waals surface area contributed by atoms with E-state index in [1.807, 2.05) is 0 Å². The van der Waals surface area contributed by atoms with Gasteiger partial charge in [0.1, 0.15) is 0 Å². The molecule has 10 aromatic carbocycles. The van der Waals surface area contributed by atoms with Gasteiger partial charge in [-0.05, 0) is 116 Å². The Labute approximate surface area is 348 Å². The summed E-state index contributed by atoms with van der Waals surface area (Å²) in [4.78, 5) is 0. The average molecular weight is 763 g/mol. The Morgan fingerprint density at radius 1 is 0.200 bits per heavy atom. The lowest BCUT2D eigenvalue weighted by Crippen LogP contribution is -1.94. The Kier molecular flexibility index (Phi) is 7.89. The van der Waals surface area contributed by atoms with E-state index < -0.39 is 0 Å². The molecule has 12 rings (SSSR count). The second-order valence-corrected chi connectivity index (χ2v) is 15.8. The Hall–Kier alpha value is -7.94. The third kappa shape index (κ3) is 5.65. The third-order valence-corrected chi connectivity index (χ3v) is 12.3. The van der Waals surface area contributed by atoms with Crippen molar-refractivity contribution in [2.45, 2.75) is 0 Å². The molecule has 2 heterocycles. The number of nitrogens with zero attached hydrogens (tertiary/aromatic N) is 2. The highest BCUT2D eigenvalue weighted by Crippen LogP contribution is 2.39. The first kappa shape index (κ1) is 34.1. The summed E-state index contributed by atoms with van der Waals surface area (Å²) in [5.41, 5.74) is 16.8. The zero-order chi connectivity index (χ0) is 39.6. The second-order valence-electron chi connectivity index (χ2n) is 15.8. The second kappa shape index (κ2) is 13.9. The standard InChI is InChI=1S/C58H38N2/c1-3-12-39(13-4-1)43-16-11-17-49(35-43)59-56-21-10-8-19-52(56)54-37-47(30-33-57(54)59)41-22-24-42(25-23-41)48-29-32-53-51-18-7-9-20-55(51)60(58(53)38-48)50-31-28-45-34-44(26-27-46(45)36-50)40-14-5-2-6-15-40/h1-38H. The predicted octanol–water partition coefficient (Wildman–Crippen LogP) is 15.7. The quantitative estimate of drug-likeness (QED) is 0.160. The van der Waals surface area contributed by atoms with Gasteiger partial charge in [-0.2, -0.15) is 0 Å². The van der Waals surface area contributed by atoms with Crippen LogP contribution in [-0.4, -0.2) is 9.13 Å². The molecule has 0 spiro atoms. The molecule has 0 fully saturated rings. The van der Waals surface area contributed by atoms with Crippen molar-refractivity contribution in [3.8, 4) is 55.9 Å². The first-order valence-electron chi connectivity index (χ1n) is 20.7. The number of benzene rings is 10. The number of rotatable bonds is 6. The molecule has 2 heteroatoms. The fraction of sp³-hybridized carbons (Fsp3) is 0. The van der Waals surface area contributed by atoms with Crippen molar-refractivity contribution in [3.05, 3.63) is 231 Å². The van der Waals surface area contributed by atoms with E-state index in [0.717, 1.165) is 11.4 Å². The third-order valence-electron chi connectivity index (χ3n) is 12.3. The molecule has 0 N–H and O–H groups in total. The predicted molar refractivity (Wildman–Crippen MR) is 254 cm³/mol. The Balaban J connectivity index is 0.911. The molecule has 0 amide bonds. The number of aromatic nitrogens is 2. The van der Waals surface area contributed by atoms with Crippen molar-refractivity contribution in [3.63, 3.8) is 0 Å². The minimum absolute atomic E-state index is 1.16. The lowest BCUT2D eigenvalue weighted by Gasteiger charge is -2.12. The normalized spacial score (nSPS) is 11.7. The first-order valence-corrected chi connectivity index (χ1v) is 20.7. The molecule has 60 heavy (non-hydrogen) atoms. The van der Waals surface area contributed by atoms with Gasteiger partial charge in [0.15, 0.2) is 0 Å². The molecule has 0 atom stereocenters. The van der Waals surface area contributed by atoms with E-state index >= 15 is 0 Å². The smallest absolute Gasteiger partial charge is 0.0547 e. The van der Waals surface area contributed by atoms with Crippen LogP contribution < -0.4 is 0 Å². The van der Waals surface area contributed by atoms with Crippen LogP contribution in [0.2, 0.25) is 0 Å². The van der Waals surface area contributed by atoms with Crippen molar-refractivity contribution in [2.24, 2.45) is 0 Å². The molecule has 0 unspecified atom stereocenters. The van der Waals surface area contributed by atoms with Gasteiger partial charge in [-0.25, -0.2) is 0 Å². The largest absolute Gasteiger partial charge is 0.309 e. The SMILES string of the molecule is c1ccc(-c2cccc(-n3c4ccccc4c4cc(-c5ccc(-c6ccc7c8ccccc8n(-c8ccc9cc(-c%10ccccc%10)ccc9c8)c7c6)cc5)ccc43)c2)cc1. The van der Waals surface area contributed by atoms with Crippen LogP contribution in [0.3, 0.4) is 0 Å². The molecule has 0 aliphatic heterocycles. The molecule has 280 valence electrons. The van der Waals surface area contributed by atoms with Crippen LogP contribution in [-0.2, 0) is 0 Å². The highest BCUT2D eigenvalue weighted by Gasteiger charge is 2.16. The van der Waals surface area contributed by atoms with E-state index in [-0.39, 0.29) is 0 Å². The van der Waals surface area contributed by atoms with E-state index in [1.54, 1.807) is 0 Å². The molecular weight excluding hydrogens is 725 g/mol. The zero-order valence-corrected chi connectivity index (χ0v) is 32.8. The van der Waals surface area contributed by atoms with E-state index in [9.17, 15) is 0 Å². The van der Waals surface area contributed by atoms with Gasteiger partial charge in [0.05, 0.1) is 22.1 Å². The van der Waals surface area contributed by atoms with Gasteiger partial charge in [0, 0.05) is 32.9 Å². The van der Waals surface area contributed by atoms with Crippen molar-refractivity contribution in [2.75, 3.05) is 0 Å². The summed E-state index contributed by atoms with van der Waals surface area (Å²) in [5.74, 6) is 0. The van der Waals surface area contributed by atoms with Crippen molar-refractivity contribution >= 4 is 54.4 Å². The first-order chi connectivity index (χ1) is 29.7. The Morgan fingerprint density at radius 2 is 0.633 bits per heavy atom. The Bertz CT molecular complexity index is 3570. The van der Waals surface area contributed by atoms with Gasteiger partial charge in [0.25, 0.3) is 0 Å². The van der Waals surface area contributed by atoms with Gasteiger partial charge in [-0.3, -0.25) is 0 Å². The summed E-state index contributed by atoms with van der Waals surface area (Å²) >= 11 is 0. The number of hydrogen-bond acceptors (Lipinski definition) is 0. The summed E-state index contributed by atoms with van der Waals surface area (Å²) in [6.45, 7) is 0. The van der Waals surface area contributed by atoms with E-state index in [4.69, 9.17) is 0 Å². The molecular formula is C58H38N2. The van der Waals surface area contributed by atoms with Gasteiger partial charge in [-0.1, -0.05) is 170 Å². The molecule has 2 aromatic heterocycles. The summed E-state index contributed by atoms with van der Waals surface area (Å²) in [5, 5.41) is 7.48. The van der Waals surface area contributed by atoms with Crippen LogP contribution in [0.5, 0.6) is 0 Å². The molecule has 0 radical (unpaired) electrons. The molecule has 0 saturated heterocycles. The number of hydrogen-bond donors (Lipinski definition) is 0. The summed E-state index contributed by atoms with van der Waals surface area (Å²) in [6, 6.07) is 84.2. The zero-order valence-electron chi connectivity index (χ0n) is 32.8. The maximum absolute atomic E-state index is 2.43. The van der Waals surface area contributed by atoms with Crippen LogP contribution in [0.25, 0.3) is 110 Å². The van der Waals surface area contributed by atoms with Crippen molar-refractivity contribution in [1.29, 1.82) is 0 Å². The van der Waals surface area contributed by atoms with Crippen LogP contribution in [0.4, 0.5) is 0 Å². The van der Waals surface area contributed by atoms with Crippen LogP contribution in [0.1, 0.15) is 0 Å². The highest BCUT2D eigenvalue weighted by molar-refractivity contribution is 6.12.